The number of aromatic carboxylic acids is 1. The first-order valence-corrected chi connectivity index (χ1v) is 7.93. The molecule has 1 aliphatic heterocycles. The average molecular weight is 287 g/mol. The molecule has 2 heterocycles. The Balaban J connectivity index is 1.83. The van der Waals surface area contributed by atoms with Gasteiger partial charge < -0.3 is 14.8 Å². The normalized spacial score (nSPS) is 21.6. The molecule has 106 valence electrons. The van der Waals surface area contributed by atoms with Crippen molar-refractivity contribution in [2.45, 2.75) is 19.9 Å². The lowest BCUT2D eigenvalue weighted by Gasteiger charge is -2.07. The fourth-order valence-electron chi connectivity index (χ4n) is 2.28. The van der Waals surface area contributed by atoms with E-state index in [1.165, 1.54) is 0 Å². The van der Waals surface area contributed by atoms with Crippen LogP contribution >= 0.6 is 0 Å². The lowest BCUT2D eigenvalue weighted by atomic mass is 10.1. The molecule has 1 aromatic rings. The molecule has 2 N–H and O–H groups in total. The molecule has 0 amide bonds. The van der Waals surface area contributed by atoms with Gasteiger partial charge in [-0.2, -0.15) is 0 Å². The van der Waals surface area contributed by atoms with E-state index in [9.17, 15) is 13.2 Å². The number of carboxylic acids is 1. The Hall–Kier alpha value is -1.34. The molecule has 0 saturated carbocycles. The highest BCUT2D eigenvalue weighted by atomic mass is 32.2. The van der Waals surface area contributed by atoms with E-state index >= 15 is 0 Å². The van der Waals surface area contributed by atoms with E-state index < -0.39 is 15.8 Å². The number of rotatable bonds is 5. The van der Waals surface area contributed by atoms with Crippen molar-refractivity contribution in [2.24, 2.45) is 5.92 Å². The minimum absolute atomic E-state index is 0.0414. The van der Waals surface area contributed by atoms with Gasteiger partial charge in [-0.3, -0.25) is 0 Å². The van der Waals surface area contributed by atoms with Gasteiger partial charge in [0.05, 0.1) is 18.1 Å². The molecule has 0 aromatic carbocycles. The number of aryl methyl sites for hydroxylation is 1. The number of hydrogen-bond acceptors (Lipinski definition) is 5. The zero-order chi connectivity index (χ0) is 14.0. The minimum Gasteiger partial charge on any atom is -0.475 e. The van der Waals surface area contributed by atoms with Gasteiger partial charge in [-0.15, -0.1) is 0 Å². The van der Waals surface area contributed by atoms with Crippen LogP contribution in [-0.4, -0.2) is 37.5 Å². The topological polar surface area (TPSA) is 96.6 Å². The first-order chi connectivity index (χ1) is 8.87. The predicted molar refractivity (Wildman–Crippen MR) is 68.9 cm³/mol. The Labute approximate surface area is 111 Å². The highest BCUT2D eigenvalue weighted by Gasteiger charge is 2.27. The van der Waals surface area contributed by atoms with Gasteiger partial charge in [-0.1, -0.05) is 0 Å². The predicted octanol–water partition coefficient (Wildman–Crippen LogP) is 0.811. The summed E-state index contributed by atoms with van der Waals surface area (Å²) in [4.78, 5) is 10.8. The van der Waals surface area contributed by atoms with Crippen molar-refractivity contribution in [3.8, 4) is 0 Å². The van der Waals surface area contributed by atoms with E-state index in [0.717, 1.165) is 0 Å². The molecule has 1 aromatic heterocycles. The first kappa shape index (κ1) is 14.1. The third-order valence-corrected chi connectivity index (χ3v) is 5.06. The lowest BCUT2D eigenvalue weighted by molar-refractivity contribution is 0.0659. The van der Waals surface area contributed by atoms with Crippen LogP contribution in [0.5, 0.6) is 0 Å². The molecule has 1 aliphatic rings. The van der Waals surface area contributed by atoms with Crippen molar-refractivity contribution >= 4 is 15.8 Å². The van der Waals surface area contributed by atoms with Crippen LogP contribution in [0.4, 0.5) is 0 Å². The van der Waals surface area contributed by atoms with Gasteiger partial charge in [0.2, 0.25) is 5.76 Å². The van der Waals surface area contributed by atoms with Crippen LogP contribution in [0.2, 0.25) is 0 Å². The van der Waals surface area contributed by atoms with Gasteiger partial charge in [0.15, 0.2) is 9.84 Å². The standard InChI is InChI=1S/C12H17NO5S/c1-8-4-10(18-11(8)12(14)15)6-13-5-9-2-3-19(16,17)7-9/h4,9,13H,2-3,5-7H2,1H3,(H,14,15). The molecule has 1 unspecified atom stereocenters. The van der Waals surface area contributed by atoms with E-state index in [1.807, 2.05) is 0 Å². The molecular weight excluding hydrogens is 270 g/mol. The summed E-state index contributed by atoms with van der Waals surface area (Å²) in [5.41, 5.74) is 0.591. The Morgan fingerprint density at radius 1 is 1.58 bits per heavy atom. The quantitative estimate of drug-likeness (QED) is 0.832. The summed E-state index contributed by atoms with van der Waals surface area (Å²) in [5, 5.41) is 12.0. The molecule has 1 saturated heterocycles. The molecule has 1 atom stereocenters. The van der Waals surface area contributed by atoms with Crippen molar-refractivity contribution in [3.05, 3.63) is 23.2 Å². The van der Waals surface area contributed by atoms with Crippen LogP contribution in [0.1, 0.15) is 28.3 Å². The molecule has 0 bridgehead atoms. The summed E-state index contributed by atoms with van der Waals surface area (Å²) in [6.45, 7) is 2.69. The van der Waals surface area contributed by atoms with E-state index in [4.69, 9.17) is 9.52 Å². The van der Waals surface area contributed by atoms with Gasteiger partial charge in [0, 0.05) is 5.56 Å². The summed E-state index contributed by atoms with van der Waals surface area (Å²) in [6.07, 6.45) is 0.687. The maximum Gasteiger partial charge on any atom is 0.372 e. The fraction of sp³-hybridized carbons (Fsp3) is 0.583. The van der Waals surface area contributed by atoms with Crippen molar-refractivity contribution in [2.75, 3.05) is 18.1 Å². The van der Waals surface area contributed by atoms with Gasteiger partial charge in [0.1, 0.15) is 5.76 Å². The third-order valence-electron chi connectivity index (χ3n) is 3.22. The number of hydrogen-bond donors (Lipinski definition) is 2. The fourth-order valence-corrected chi connectivity index (χ4v) is 4.14. The Morgan fingerprint density at radius 3 is 2.84 bits per heavy atom. The maximum absolute atomic E-state index is 11.3. The van der Waals surface area contributed by atoms with Crippen LogP contribution in [-0.2, 0) is 16.4 Å². The molecular formula is C12H17NO5S. The smallest absolute Gasteiger partial charge is 0.372 e. The second kappa shape index (κ2) is 5.34. The molecule has 2 rings (SSSR count). The average Bonchev–Trinajstić information content (AvgIpc) is 2.82. The van der Waals surface area contributed by atoms with Crippen LogP contribution in [0.15, 0.2) is 10.5 Å². The third kappa shape index (κ3) is 3.57. The van der Waals surface area contributed by atoms with Crippen molar-refractivity contribution in [1.29, 1.82) is 0 Å². The molecule has 0 radical (unpaired) electrons. The minimum atomic E-state index is -2.85. The van der Waals surface area contributed by atoms with Gasteiger partial charge >= 0.3 is 5.97 Å². The first-order valence-electron chi connectivity index (χ1n) is 6.11. The SMILES string of the molecule is Cc1cc(CNCC2CCS(=O)(=O)C2)oc1C(=O)O. The Bertz CT molecular complexity index is 575. The zero-order valence-corrected chi connectivity index (χ0v) is 11.5. The largest absolute Gasteiger partial charge is 0.475 e. The Morgan fingerprint density at radius 2 is 2.32 bits per heavy atom. The van der Waals surface area contributed by atoms with Crippen molar-refractivity contribution < 1.29 is 22.7 Å². The number of furan rings is 1. The highest BCUT2D eigenvalue weighted by molar-refractivity contribution is 7.91. The van der Waals surface area contributed by atoms with Crippen LogP contribution < -0.4 is 5.32 Å². The number of nitrogens with one attached hydrogen (secondary N) is 1. The molecule has 0 aliphatic carbocycles. The van der Waals surface area contributed by atoms with E-state index in [2.05, 4.69) is 5.32 Å². The molecule has 7 heteroatoms. The van der Waals surface area contributed by atoms with Crippen molar-refractivity contribution in [1.82, 2.24) is 5.32 Å². The second-order valence-electron chi connectivity index (χ2n) is 4.93. The van der Waals surface area contributed by atoms with E-state index in [-0.39, 0.29) is 23.2 Å². The second-order valence-corrected chi connectivity index (χ2v) is 7.16. The summed E-state index contributed by atoms with van der Waals surface area (Å²) in [6, 6.07) is 1.68. The molecule has 1 fully saturated rings. The lowest BCUT2D eigenvalue weighted by Crippen LogP contribution is -2.23. The summed E-state index contributed by atoms with van der Waals surface area (Å²) >= 11 is 0. The van der Waals surface area contributed by atoms with Gasteiger partial charge in [-0.05, 0) is 31.9 Å². The number of carbonyl (C=O) groups is 1. The highest BCUT2D eigenvalue weighted by Crippen LogP contribution is 2.18. The summed E-state index contributed by atoms with van der Waals surface area (Å²) in [7, 11) is -2.85. The van der Waals surface area contributed by atoms with Crippen LogP contribution in [0, 0.1) is 12.8 Å². The summed E-state index contributed by atoms with van der Waals surface area (Å²) in [5.74, 6) is 0.0709. The van der Waals surface area contributed by atoms with Gasteiger partial charge in [-0.25, -0.2) is 13.2 Å². The number of sulfone groups is 1. The maximum atomic E-state index is 11.3. The Kier molecular flexibility index (Phi) is 3.96. The summed E-state index contributed by atoms with van der Waals surface area (Å²) < 4.78 is 27.8. The molecule has 0 spiro atoms. The van der Waals surface area contributed by atoms with E-state index in [1.54, 1.807) is 13.0 Å². The van der Waals surface area contributed by atoms with Gasteiger partial charge in [0.25, 0.3) is 0 Å². The monoisotopic (exact) mass is 287 g/mol. The molecule has 6 nitrogen and oxygen atoms in total. The van der Waals surface area contributed by atoms with Crippen LogP contribution in [0.3, 0.4) is 0 Å². The van der Waals surface area contributed by atoms with Crippen molar-refractivity contribution in [3.63, 3.8) is 0 Å². The van der Waals surface area contributed by atoms with E-state index in [0.29, 0.717) is 30.8 Å². The number of carboxylic acid groups (broad SMARTS) is 1. The molecule has 19 heavy (non-hydrogen) atoms. The van der Waals surface area contributed by atoms with Crippen LogP contribution in [0.25, 0.3) is 0 Å². The zero-order valence-electron chi connectivity index (χ0n) is 10.7.